The molecule has 1 aliphatic rings. The van der Waals surface area contributed by atoms with Gasteiger partial charge in [0.1, 0.15) is 0 Å². The quantitative estimate of drug-likeness (QED) is 0.756. The Balaban J connectivity index is 1.42. The molecule has 0 atom stereocenters. The number of carbonyl (C=O) groups is 1. The second-order valence-corrected chi connectivity index (χ2v) is 5.62. The molecule has 130 valence electrons. The molecule has 4 rings (SSSR count). The zero-order valence-corrected chi connectivity index (χ0v) is 13.8. The summed E-state index contributed by atoms with van der Waals surface area (Å²) in [6.07, 6.45) is 5.16. The third kappa shape index (κ3) is 3.41. The van der Waals surface area contributed by atoms with Crippen LogP contribution in [0.2, 0.25) is 0 Å². The molecular weight excluding hydrogens is 332 g/mol. The first-order chi connectivity index (χ1) is 12.8. The van der Waals surface area contributed by atoms with Gasteiger partial charge in [-0.1, -0.05) is 6.07 Å². The maximum Gasteiger partial charge on any atom is 0.319 e. The topological polar surface area (TPSA) is 85.4 Å². The Kier molecular flexibility index (Phi) is 4.34. The maximum absolute atomic E-state index is 12.2. The minimum absolute atomic E-state index is 0.198. The van der Waals surface area contributed by atoms with Crippen molar-refractivity contribution in [2.24, 2.45) is 0 Å². The standard InChI is InChI=1S/C19H16N4O3/c24-19(23-15-3-4-16-17(10-15)26-12-25-16)22-11-14-2-1-7-21-18(14)13-5-8-20-9-6-13/h1-10H,11-12H2,(H2,22,23,24). The molecule has 0 fully saturated rings. The van der Waals surface area contributed by atoms with Crippen LogP contribution < -0.4 is 20.1 Å². The molecule has 0 saturated heterocycles. The predicted molar refractivity (Wildman–Crippen MR) is 95.9 cm³/mol. The highest BCUT2D eigenvalue weighted by Crippen LogP contribution is 2.34. The van der Waals surface area contributed by atoms with Gasteiger partial charge in [0.05, 0.1) is 5.69 Å². The number of urea groups is 1. The molecule has 3 aromatic rings. The van der Waals surface area contributed by atoms with Crippen molar-refractivity contribution in [3.63, 3.8) is 0 Å². The molecule has 0 bridgehead atoms. The number of fused-ring (bicyclic) bond motifs is 1. The van der Waals surface area contributed by atoms with Crippen LogP contribution in [-0.4, -0.2) is 22.8 Å². The number of hydrogen-bond donors (Lipinski definition) is 2. The van der Waals surface area contributed by atoms with Crippen LogP contribution in [0.15, 0.2) is 61.1 Å². The van der Waals surface area contributed by atoms with Gasteiger partial charge >= 0.3 is 6.03 Å². The summed E-state index contributed by atoms with van der Waals surface area (Å²) in [6, 6.07) is 12.5. The fourth-order valence-electron chi connectivity index (χ4n) is 2.68. The second kappa shape index (κ2) is 7.10. The fraction of sp³-hybridized carbons (Fsp3) is 0.105. The van der Waals surface area contributed by atoms with Gasteiger partial charge in [-0.15, -0.1) is 0 Å². The van der Waals surface area contributed by atoms with Gasteiger partial charge in [0.25, 0.3) is 0 Å². The van der Waals surface area contributed by atoms with E-state index in [2.05, 4.69) is 20.6 Å². The third-order valence-electron chi connectivity index (χ3n) is 3.91. The summed E-state index contributed by atoms with van der Waals surface area (Å²) >= 11 is 0. The van der Waals surface area contributed by atoms with E-state index in [1.165, 1.54) is 0 Å². The van der Waals surface area contributed by atoms with Crippen molar-refractivity contribution in [1.82, 2.24) is 15.3 Å². The Labute approximate surface area is 150 Å². The normalized spacial score (nSPS) is 11.8. The molecule has 0 unspecified atom stereocenters. The molecule has 3 heterocycles. The minimum atomic E-state index is -0.312. The molecule has 0 aliphatic carbocycles. The van der Waals surface area contributed by atoms with E-state index in [-0.39, 0.29) is 12.8 Å². The first-order valence-electron chi connectivity index (χ1n) is 8.08. The van der Waals surface area contributed by atoms with Crippen LogP contribution in [0.5, 0.6) is 11.5 Å². The third-order valence-corrected chi connectivity index (χ3v) is 3.91. The van der Waals surface area contributed by atoms with Gasteiger partial charge in [-0.3, -0.25) is 9.97 Å². The molecule has 7 nitrogen and oxygen atoms in total. The number of carbonyl (C=O) groups excluding carboxylic acids is 1. The van der Waals surface area contributed by atoms with E-state index in [1.54, 1.807) is 36.8 Å². The van der Waals surface area contributed by atoms with Crippen LogP contribution in [-0.2, 0) is 6.54 Å². The molecule has 2 N–H and O–H groups in total. The first kappa shape index (κ1) is 15.9. The van der Waals surface area contributed by atoms with E-state index in [1.807, 2.05) is 24.3 Å². The summed E-state index contributed by atoms with van der Waals surface area (Å²) in [5, 5.41) is 5.63. The van der Waals surface area contributed by atoms with E-state index < -0.39 is 0 Å². The van der Waals surface area contributed by atoms with Crippen LogP contribution in [0.1, 0.15) is 5.56 Å². The number of benzene rings is 1. The van der Waals surface area contributed by atoms with E-state index >= 15 is 0 Å². The Morgan fingerprint density at radius 2 is 1.88 bits per heavy atom. The molecule has 1 aliphatic heterocycles. The maximum atomic E-state index is 12.2. The van der Waals surface area contributed by atoms with Crippen molar-refractivity contribution in [3.8, 4) is 22.8 Å². The average Bonchev–Trinajstić information content (AvgIpc) is 3.15. The zero-order valence-electron chi connectivity index (χ0n) is 13.8. The van der Waals surface area contributed by atoms with Crippen LogP contribution in [0, 0.1) is 0 Å². The minimum Gasteiger partial charge on any atom is -0.454 e. The van der Waals surface area contributed by atoms with E-state index in [4.69, 9.17) is 9.47 Å². The number of nitrogens with one attached hydrogen (secondary N) is 2. The molecule has 2 aromatic heterocycles. The molecule has 0 radical (unpaired) electrons. The second-order valence-electron chi connectivity index (χ2n) is 5.62. The highest BCUT2D eigenvalue weighted by atomic mass is 16.7. The number of pyridine rings is 2. The summed E-state index contributed by atoms with van der Waals surface area (Å²) < 4.78 is 10.6. The summed E-state index contributed by atoms with van der Waals surface area (Å²) in [7, 11) is 0. The zero-order chi connectivity index (χ0) is 17.8. The molecular formula is C19H16N4O3. The van der Waals surface area contributed by atoms with Crippen LogP contribution in [0.25, 0.3) is 11.3 Å². The highest BCUT2D eigenvalue weighted by Gasteiger charge is 2.14. The number of nitrogens with zero attached hydrogens (tertiary/aromatic N) is 2. The molecule has 1 aromatic carbocycles. The number of aromatic nitrogens is 2. The Bertz CT molecular complexity index is 931. The van der Waals surface area contributed by atoms with Gasteiger partial charge in [-0.2, -0.15) is 0 Å². The molecule has 0 spiro atoms. The van der Waals surface area contributed by atoms with Crippen LogP contribution >= 0.6 is 0 Å². The smallest absolute Gasteiger partial charge is 0.319 e. The fourth-order valence-corrected chi connectivity index (χ4v) is 2.68. The summed E-state index contributed by atoms with van der Waals surface area (Å²) in [5.41, 5.74) is 3.32. The molecule has 7 heteroatoms. The number of ether oxygens (including phenoxy) is 2. The number of amides is 2. The van der Waals surface area contributed by atoms with E-state index in [0.29, 0.717) is 23.7 Å². The Morgan fingerprint density at radius 1 is 1.04 bits per heavy atom. The summed E-state index contributed by atoms with van der Waals surface area (Å²) in [4.78, 5) is 20.6. The first-order valence-corrected chi connectivity index (χ1v) is 8.08. The Morgan fingerprint density at radius 3 is 2.77 bits per heavy atom. The molecule has 26 heavy (non-hydrogen) atoms. The lowest BCUT2D eigenvalue weighted by molar-refractivity contribution is 0.174. The van der Waals surface area contributed by atoms with Gasteiger partial charge in [0.2, 0.25) is 6.79 Å². The van der Waals surface area contributed by atoms with Crippen LogP contribution in [0.3, 0.4) is 0 Å². The molecule has 2 amide bonds. The van der Waals surface area contributed by atoms with Crippen molar-refractivity contribution in [2.45, 2.75) is 6.54 Å². The van der Waals surface area contributed by atoms with Crippen molar-refractivity contribution in [1.29, 1.82) is 0 Å². The molecule has 0 saturated carbocycles. The van der Waals surface area contributed by atoms with E-state index in [9.17, 15) is 4.79 Å². The largest absolute Gasteiger partial charge is 0.454 e. The van der Waals surface area contributed by atoms with Gasteiger partial charge < -0.3 is 20.1 Å². The van der Waals surface area contributed by atoms with Crippen molar-refractivity contribution >= 4 is 11.7 Å². The Hall–Kier alpha value is -3.61. The van der Waals surface area contributed by atoms with Gasteiger partial charge in [0, 0.05) is 42.5 Å². The summed E-state index contributed by atoms with van der Waals surface area (Å²) in [5.74, 6) is 1.29. The van der Waals surface area contributed by atoms with Crippen molar-refractivity contribution < 1.29 is 14.3 Å². The monoisotopic (exact) mass is 348 g/mol. The number of hydrogen-bond acceptors (Lipinski definition) is 5. The average molecular weight is 348 g/mol. The van der Waals surface area contributed by atoms with Crippen molar-refractivity contribution in [2.75, 3.05) is 12.1 Å². The SMILES string of the molecule is O=C(NCc1cccnc1-c1ccncc1)Nc1ccc2c(c1)OCO2. The van der Waals surface area contributed by atoms with Gasteiger partial charge in [-0.05, 0) is 35.9 Å². The van der Waals surface area contributed by atoms with Crippen LogP contribution in [0.4, 0.5) is 10.5 Å². The highest BCUT2D eigenvalue weighted by molar-refractivity contribution is 5.89. The van der Waals surface area contributed by atoms with Crippen molar-refractivity contribution in [3.05, 3.63) is 66.6 Å². The predicted octanol–water partition coefficient (Wildman–Crippen LogP) is 3.19. The van der Waals surface area contributed by atoms with E-state index in [0.717, 1.165) is 16.8 Å². The van der Waals surface area contributed by atoms with Gasteiger partial charge in [0.15, 0.2) is 11.5 Å². The lowest BCUT2D eigenvalue weighted by Gasteiger charge is -2.11. The number of rotatable bonds is 4. The summed E-state index contributed by atoms with van der Waals surface area (Å²) in [6.45, 7) is 0.547. The number of anilines is 1. The van der Waals surface area contributed by atoms with Gasteiger partial charge in [-0.25, -0.2) is 4.79 Å². The lowest BCUT2D eigenvalue weighted by atomic mass is 10.1. The lowest BCUT2D eigenvalue weighted by Crippen LogP contribution is -2.28.